The third-order valence-electron chi connectivity index (χ3n) is 5.08. The lowest BCUT2D eigenvalue weighted by molar-refractivity contribution is -0.142. The first-order valence-electron chi connectivity index (χ1n) is 10.4. The first-order chi connectivity index (χ1) is 14.4. The maximum absolute atomic E-state index is 14.3. The number of halogens is 1. The number of carbonyl (C=O) groups is 2. The Bertz CT molecular complexity index is 950. The zero-order valence-corrected chi connectivity index (χ0v) is 19.5. The molecular formula is C25H33FN2O3. The summed E-state index contributed by atoms with van der Waals surface area (Å²) in [6, 6.07) is 9.38. The summed E-state index contributed by atoms with van der Waals surface area (Å²) in [5.74, 6) is -0.489. The Morgan fingerprint density at radius 1 is 1.13 bits per heavy atom. The minimum atomic E-state index is -0.796. The number of hydrogen-bond acceptors (Lipinski definition) is 3. The molecule has 1 atom stereocenters. The van der Waals surface area contributed by atoms with Gasteiger partial charge in [-0.3, -0.25) is 9.59 Å². The van der Waals surface area contributed by atoms with Crippen LogP contribution in [0.4, 0.5) is 4.39 Å². The van der Waals surface area contributed by atoms with Gasteiger partial charge in [0.15, 0.2) is 6.61 Å². The average Bonchev–Trinajstić information content (AvgIpc) is 2.67. The minimum Gasteiger partial charge on any atom is -0.483 e. The second-order valence-electron chi connectivity index (χ2n) is 9.02. The SMILES string of the molecule is Cc1cc(C)c(C)c(OCC(=O)N(Cc2ccccc2F)C(C)C(=O)NC(C)(C)C)c1. The van der Waals surface area contributed by atoms with Crippen LogP contribution in [-0.2, 0) is 16.1 Å². The molecule has 0 spiro atoms. The number of ether oxygens (including phenoxy) is 1. The topological polar surface area (TPSA) is 58.6 Å². The summed E-state index contributed by atoms with van der Waals surface area (Å²) in [6.45, 7) is 12.9. The number of carbonyl (C=O) groups excluding carboxylic acids is 2. The van der Waals surface area contributed by atoms with E-state index < -0.39 is 23.3 Å². The highest BCUT2D eigenvalue weighted by Gasteiger charge is 2.29. The Kier molecular flexibility index (Phi) is 7.82. The maximum atomic E-state index is 14.3. The van der Waals surface area contributed by atoms with Gasteiger partial charge in [-0.1, -0.05) is 24.3 Å². The van der Waals surface area contributed by atoms with Crippen molar-refractivity contribution >= 4 is 11.8 Å². The number of rotatable bonds is 7. The van der Waals surface area contributed by atoms with Gasteiger partial charge in [0.25, 0.3) is 5.91 Å². The molecule has 31 heavy (non-hydrogen) atoms. The Balaban J connectivity index is 2.25. The van der Waals surface area contributed by atoms with E-state index >= 15 is 0 Å². The molecule has 0 radical (unpaired) electrons. The Hall–Kier alpha value is -2.89. The molecule has 0 saturated heterocycles. The van der Waals surface area contributed by atoms with Crippen molar-refractivity contribution < 1.29 is 18.7 Å². The van der Waals surface area contributed by atoms with Gasteiger partial charge < -0.3 is 15.0 Å². The summed E-state index contributed by atoms with van der Waals surface area (Å²) in [6.07, 6.45) is 0. The number of aryl methyl sites for hydroxylation is 2. The predicted octanol–water partition coefficient (Wildman–Crippen LogP) is 4.46. The van der Waals surface area contributed by atoms with Crippen LogP contribution in [0.5, 0.6) is 5.75 Å². The lowest BCUT2D eigenvalue weighted by atomic mass is 10.1. The van der Waals surface area contributed by atoms with Crippen molar-refractivity contribution in [2.24, 2.45) is 0 Å². The molecule has 0 heterocycles. The molecule has 5 nitrogen and oxygen atoms in total. The molecule has 1 N–H and O–H groups in total. The zero-order valence-electron chi connectivity index (χ0n) is 19.5. The van der Waals surface area contributed by atoms with Crippen LogP contribution in [0.3, 0.4) is 0 Å². The third-order valence-corrected chi connectivity index (χ3v) is 5.08. The van der Waals surface area contributed by atoms with Crippen LogP contribution >= 0.6 is 0 Å². The van der Waals surface area contributed by atoms with Gasteiger partial charge in [0.05, 0.1) is 0 Å². The van der Waals surface area contributed by atoms with Crippen molar-refractivity contribution in [2.45, 2.75) is 66.6 Å². The second-order valence-corrected chi connectivity index (χ2v) is 9.02. The van der Waals surface area contributed by atoms with E-state index in [2.05, 4.69) is 5.32 Å². The van der Waals surface area contributed by atoms with Crippen molar-refractivity contribution in [2.75, 3.05) is 6.61 Å². The van der Waals surface area contributed by atoms with E-state index in [0.29, 0.717) is 11.3 Å². The highest BCUT2D eigenvalue weighted by atomic mass is 19.1. The largest absolute Gasteiger partial charge is 0.483 e. The fourth-order valence-corrected chi connectivity index (χ4v) is 3.24. The molecule has 0 aliphatic rings. The predicted molar refractivity (Wildman–Crippen MR) is 120 cm³/mol. The summed E-state index contributed by atoms with van der Waals surface area (Å²) in [5.41, 5.74) is 2.95. The van der Waals surface area contributed by atoms with E-state index in [1.807, 2.05) is 53.7 Å². The zero-order chi connectivity index (χ0) is 23.3. The number of nitrogens with zero attached hydrogens (tertiary/aromatic N) is 1. The minimum absolute atomic E-state index is 0.0283. The molecule has 0 aliphatic heterocycles. The van der Waals surface area contributed by atoms with Crippen molar-refractivity contribution in [3.05, 3.63) is 64.5 Å². The molecule has 0 aromatic heterocycles. The van der Waals surface area contributed by atoms with Crippen LogP contribution in [0.2, 0.25) is 0 Å². The molecule has 6 heteroatoms. The van der Waals surface area contributed by atoms with Gasteiger partial charge in [0.2, 0.25) is 5.91 Å². The van der Waals surface area contributed by atoms with Crippen LogP contribution in [0.15, 0.2) is 36.4 Å². The van der Waals surface area contributed by atoms with Crippen molar-refractivity contribution in [3.63, 3.8) is 0 Å². The van der Waals surface area contributed by atoms with Gasteiger partial charge >= 0.3 is 0 Å². The molecular weight excluding hydrogens is 395 g/mol. The van der Waals surface area contributed by atoms with Crippen LogP contribution in [0.1, 0.15) is 49.9 Å². The van der Waals surface area contributed by atoms with E-state index in [1.165, 1.54) is 11.0 Å². The fourth-order valence-electron chi connectivity index (χ4n) is 3.24. The fraction of sp³-hybridized carbons (Fsp3) is 0.440. The van der Waals surface area contributed by atoms with E-state index in [1.54, 1.807) is 25.1 Å². The Labute approximate surface area is 184 Å². The van der Waals surface area contributed by atoms with E-state index in [-0.39, 0.29) is 19.1 Å². The van der Waals surface area contributed by atoms with Crippen LogP contribution in [-0.4, -0.2) is 34.9 Å². The maximum Gasteiger partial charge on any atom is 0.261 e. The molecule has 168 valence electrons. The quantitative estimate of drug-likeness (QED) is 0.708. The molecule has 2 aromatic carbocycles. The molecule has 2 amide bonds. The van der Waals surface area contributed by atoms with Gasteiger partial charge in [0, 0.05) is 17.6 Å². The van der Waals surface area contributed by atoms with Gasteiger partial charge in [0.1, 0.15) is 17.6 Å². The van der Waals surface area contributed by atoms with E-state index in [0.717, 1.165) is 16.7 Å². The summed E-state index contributed by atoms with van der Waals surface area (Å²) in [7, 11) is 0. The summed E-state index contributed by atoms with van der Waals surface area (Å²) in [4.78, 5) is 27.2. The summed E-state index contributed by atoms with van der Waals surface area (Å²) >= 11 is 0. The summed E-state index contributed by atoms with van der Waals surface area (Å²) < 4.78 is 20.1. The van der Waals surface area contributed by atoms with Crippen LogP contribution < -0.4 is 10.1 Å². The first-order valence-corrected chi connectivity index (χ1v) is 10.4. The molecule has 2 rings (SSSR count). The van der Waals surface area contributed by atoms with Crippen molar-refractivity contribution in [3.8, 4) is 5.75 Å². The lowest BCUT2D eigenvalue weighted by Crippen LogP contribution is -2.53. The lowest BCUT2D eigenvalue weighted by Gasteiger charge is -2.31. The summed E-state index contributed by atoms with van der Waals surface area (Å²) in [5, 5.41) is 2.89. The Morgan fingerprint density at radius 3 is 2.39 bits per heavy atom. The first kappa shape index (κ1) is 24.4. The number of benzene rings is 2. The monoisotopic (exact) mass is 428 g/mol. The standard InChI is InChI=1S/C25H33FN2O3/c1-16-12-17(2)18(3)22(13-16)31-15-23(29)28(14-20-10-8-9-11-21(20)26)19(4)24(30)27-25(5,6)7/h8-13,19H,14-15H2,1-7H3,(H,27,30). The average molecular weight is 429 g/mol. The van der Waals surface area contributed by atoms with Crippen LogP contribution in [0, 0.1) is 26.6 Å². The Morgan fingerprint density at radius 2 is 1.77 bits per heavy atom. The molecule has 0 aliphatic carbocycles. The van der Waals surface area contributed by atoms with E-state index in [4.69, 9.17) is 4.74 Å². The molecule has 1 unspecified atom stereocenters. The normalized spacial score (nSPS) is 12.3. The van der Waals surface area contributed by atoms with Gasteiger partial charge in [-0.15, -0.1) is 0 Å². The number of hydrogen-bond donors (Lipinski definition) is 1. The van der Waals surface area contributed by atoms with Gasteiger partial charge in [-0.05, 0) is 77.3 Å². The van der Waals surface area contributed by atoms with E-state index in [9.17, 15) is 14.0 Å². The second kappa shape index (κ2) is 9.94. The molecule has 0 fully saturated rings. The van der Waals surface area contributed by atoms with Gasteiger partial charge in [-0.2, -0.15) is 0 Å². The van der Waals surface area contributed by atoms with Crippen molar-refractivity contribution in [1.29, 1.82) is 0 Å². The van der Waals surface area contributed by atoms with Crippen LogP contribution in [0.25, 0.3) is 0 Å². The molecule has 0 saturated carbocycles. The van der Waals surface area contributed by atoms with Crippen molar-refractivity contribution in [1.82, 2.24) is 10.2 Å². The molecule has 2 aromatic rings. The smallest absolute Gasteiger partial charge is 0.261 e. The number of nitrogens with one attached hydrogen (secondary N) is 1. The highest BCUT2D eigenvalue weighted by molar-refractivity contribution is 5.88. The third kappa shape index (κ3) is 6.81. The van der Waals surface area contributed by atoms with Gasteiger partial charge in [-0.25, -0.2) is 4.39 Å². The highest BCUT2D eigenvalue weighted by Crippen LogP contribution is 2.23. The number of amides is 2. The molecule has 0 bridgehead atoms.